The Balaban J connectivity index is 0.00000243. The number of hydrogen-bond acceptors (Lipinski definition) is 4. The lowest BCUT2D eigenvalue weighted by Gasteiger charge is -2.20. The molecule has 0 radical (unpaired) electrons. The topological polar surface area (TPSA) is 53.7 Å². The first kappa shape index (κ1) is 20.4. The van der Waals surface area contributed by atoms with Gasteiger partial charge >= 0.3 is 5.95 Å². The van der Waals surface area contributed by atoms with Crippen molar-refractivity contribution >= 4 is 24.0 Å². The van der Waals surface area contributed by atoms with Gasteiger partial charge in [0.1, 0.15) is 6.26 Å². The van der Waals surface area contributed by atoms with Gasteiger partial charge in [0.15, 0.2) is 23.6 Å². The highest BCUT2D eigenvalue weighted by Crippen LogP contribution is 2.35. The maximum atomic E-state index is 14.7. The fraction of sp³-hybridized carbons (Fsp3) is 0.263. The fourth-order valence-electron chi connectivity index (χ4n) is 2.55. The normalized spacial score (nSPS) is 17.0. The van der Waals surface area contributed by atoms with Crippen molar-refractivity contribution in [2.24, 2.45) is 5.73 Å². The second-order valence-electron chi connectivity index (χ2n) is 5.71. The first-order valence-electron chi connectivity index (χ1n) is 8.11. The summed E-state index contributed by atoms with van der Waals surface area (Å²) in [4.78, 5) is 0. The zero-order valence-electron chi connectivity index (χ0n) is 14.2. The predicted molar refractivity (Wildman–Crippen MR) is 101 cm³/mol. The Kier molecular flexibility index (Phi) is 7.14. The van der Waals surface area contributed by atoms with Crippen molar-refractivity contribution in [2.75, 3.05) is 0 Å². The van der Waals surface area contributed by atoms with Gasteiger partial charge in [0.2, 0.25) is 0 Å². The molecule has 2 aliphatic rings. The van der Waals surface area contributed by atoms with Gasteiger partial charge in [-0.25, -0.2) is 4.39 Å². The van der Waals surface area contributed by atoms with Crippen molar-refractivity contribution < 1.29 is 18.6 Å². The van der Waals surface area contributed by atoms with Crippen LogP contribution in [0.25, 0.3) is 0 Å². The lowest BCUT2D eigenvalue weighted by molar-refractivity contribution is 0.118. The minimum absolute atomic E-state index is 0. The molecule has 2 N–H and O–H groups in total. The lowest BCUT2D eigenvalue weighted by atomic mass is 10.0. The van der Waals surface area contributed by atoms with E-state index in [4.69, 9.17) is 31.5 Å². The highest BCUT2D eigenvalue weighted by atomic mass is 35.5. The van der Waals surface area contributed by atoms with E-state index in [9.17, 15) is 4.39 Å². The Hall–Kier alpha value is -1.95. The van der Waals surface area contributed by atoms with Crippen LogP contribution in [-0.2, 0) is 9.47 Å². The number of allylic oxidation sites excluding steroid dienone is 4. The van der Waals surface area contributed by atoms with Gasteiger partial charge < -0.3 is 19.9 Å². The summed E-state index contributed by atoms with van der Waals surface area (Å²) >= 11 is 6.09. The summed E-state index contributed by atoms with van der Waals surface area (Å²) in [6.45, 7) is 1.88. The molecule has 0 saturated carbocycles. The van der Waals surface area contributed by atoms with E-state index in [1.807, 2.05) is 19.1 Å². The molecule has 140 valence electrons. The quantitative estimate of drug-likeness (QED) is 0.694. The summed E-state index contributed by atoms with van der Waals surface area (Å²) < 4.78 is 31.2. The molecule has 0 aromatic heterocycles. The summed E-state index contributed by atoms with van der Waals surface area (Å²) in [5.41, 5.74) is 7.25. The molecule has 3 rings (SSSR count). The van der Waals surface area contributed by atoms with Crippen molar-refractivity contribution in [3.8, 4) is 5.75 Å². The van der Waals surface area contributed by atoms with E-state index in [2.05, 4.69) is 6.08 Å². The Labute approximate surface area is 163 Å². The van der Waals surface area contributed by atoms with Gasteiger partial charge in [-0.05, 0) is 30.9 Å². The number of hydrogen-bond donors (Lipinski definition) is 1. The van der Waals surface area contributed by atoms with Crippen LogP contribution in [0.4, 0.5) is 4.39 Å². The zero-order valence-corrected chi connectivity index (χ0v) is 15.8. The summed E-state index contributed by atoms with van der Waals surface area (Å²) in [5.74, 6) is -0.185. The molecule has 26 heavy (non-hydrogen) atoms. The third kappa shape index (κ3) is 4.41. The number of benzene rings is 1. The van der Waals surface area contributed by atoms with Crippen molar-refractivity contribution in [2.45, 2.75) is 32.2 Å². The third-order valence-electron chi connectivity index (χ3n) is 4.00. The maximum Gasteiger partial charge on any atom is 0.327 e. The fourth-order valence-corrected chi connectivity index (χ4v) is 2.73. The van der Waals surface area contributed by atoms with E-state index < -0.39 is 11.9 Å². The van der Waals surface area contributed by atoms with E-state index in [1.54, 1.807) is 12.1 Å². The van der Waals surface area contributed by atoms with Crippen molar-refractivity contribution in [3.63, 3.8) is 0 Å². The predicted octanol–water partition coefficient (Wildman–Crippen LogP) is 5.65. The first-order chi connectivity index (χ1) is 12.1. The number of ether oxygens (including phenoxy) is 3. The molecule has 1 atom stereocenters. The highest BCUT2D eigenvalue weighted by molar-refractivity contribution is 6.32. The van der Waals surface area contributed by atoms with E-state index in [0.29, 0.717) is 17.7 Å². The molecule has 0 bridgehead atoms. The molecular formula is C19H20Cl2FNO3. The van der Waals surface area contributed by atoms with Crippen LogP contribution in [0.1, 0.15) is 37.8 Å². The Morgan fingerprint density at radius 3 is 2.85 bits per heavy atom. The van der Waals surface area contributed by atoms with Crippen LogP contribution >= 0.6 is 24.0 Å². The van der Waals surface area contributed by atoms with Crippen molar-refractivity contribution in [1.82, 2.24) is 0 Å². The number of halogens is 3. The number of nitrogens with two attached hydrogens (primary N) is 1. The number of rotatable bonds is 5. The third-order valence-corrected chi connectivity index (χ3v) is 4.30. The molecule has 1 aromatic rings. The van der Waals surface area contributed by atoms with Gasteiger partial charge in [-0.2, -0.15) is 0 Å². The SMILES string of the molecule is CC[C@@H](N)c1ccc(Cl)c(OC2=COC=C(C3=CC=CCC3)O2)c1F.Cl. The average molecular weight is 400 g/mol. The molecule has 1 aliphatic carbocycles. The maximum absolute atomic E-state index is 14.7. The van der Waals surface area contributed by atoms with Crippen molar-refractivity contribution in [1.29, 1.82) is 0 Å². The molecule has 0 amide bonds. The Morgan fingerprint density at radius 2 is 2.15 bits per heavy atom. The molecule has 7 heteroatoms. The largest absolute Gasteiger partial charge is 0.461 e. The van der Waals surface area contributed by atoms with Crippen LogP contribution in [0.15, 0.2) is 60.2 Å². The zero-order chi connectivity index (χ0) is 17.8. The minimum Gasteiger partial charge on any atom is -0.461 e. The van der Waals surface area contributed by atoms with E-state index in [1.165, 1.54) is 12.5 Å². The van der Waals surface area contributed by atoms with E-state index >= 15 is 0 Å². The van der Waals surface area contributed by atoms with Crippen LogP contribution in [0.5, 0.6) is 5.75 Å². The van der Waals surface area contributed by atoms with E-state index in [-0.39, 0.29) is 29.1 Å². The molecule has 0 fully saturated rings. The van der Waals surface area contributed by atoms with Crippen LogP contribution in [0.3, 0.4) is 0 Å². The Morgan fingerprint density at radius 1 is 1.35 bits per heavy atom. The molecule has 0 saturated heterocycles. The van der Waals surface area contributed by atoms with E-state index in [0.717, 1.165) is 18.4 Å². The monoisotopic (exact) mass is 399 g/mol. The molecule has 1 heterocycles. The van der Waals surface area contributed by atoms with Gasteiger partial charge in [0, 0.05) is 11.6 Å². The molecule has 0 unspecified atom stereocenters. The molecule has 1 aliphatic heterocycles. The average Bonchev–Trinajstić information content (AvgIpc) is 2.65. The van der Waals surface area contributed by atoms with Gasteiger partial charge in [0.05, 0.1) is 5.02 Å². The second-order valence-corrected chi connectivity index (χ2v) is 6.12. The highest BCUT2D eigenvalue weighted by Gasteiger charge is 2.22. The minimum atomic E-state index is -0.595. The Bertz CT molecular complexity index is 787. The molecule has 4 nitrogen and oxygen atoms in total. The van der Waals surface area contributed by atoms with Crippen LogP contribution in [0.2, 0.25) is 5.02 Å². The van der Waals surface area contributed by atoms with Crippen LogP contribution < -0.4 is 10.5 Å². The van der Waals surface area contributed by atoms with Crippen LogP contribution in [-0.4, -0.2) is 0 Å². The summed E-state index contributed by atoms with van der Waals surface area (Å²) in [6.07, 6.45) is 11.0. The first-order valence-corrected chi connectivity index (χ1v) is 8.49. The van der Waals surface area contributed by atoms with Gasteiger partial charge in [0.25, 0.3) is 0 Å². The van der Waals surface area contributed by atoms with Gasteiger partial charge in [-0.15, -0.1) is 12.4 Å². The van der Waals surface area contributed by atoms with Gasteiger partial charge in [-0.1, -0.05) is 42.8 Å². The standard InChI is InChI=1S/C19H19ClFNO3.ClH/c1-2-15(22)13-8-9-14(20)19(18(13)21)25-17-11-23-10-16(24-17)12-6-4-3-5-7-12;/h3-4,6,8-11,15H,2,5,7,22H2,1H3;1H/t15-;/m1./s1. The smallest absolute Gasteiger partial charge is 0.327 e. The van der Waals surface area contributed by atoms with Crippen molar-refractivity contribution in [3.05, 3.63) is 76.6 Å². The summed E-state index contributed by atoms with van der Waals surface area (Å²) in [7, 11) is 0. The lowest BCUT2D eigenvalue weighted by Crippen LogP contribution is -2.13. The second kappa shape index (κ2) is 9.12. The summed E-state index contributed by atoms with van der Waals surface area (Å²) in [5, 5.41) is 0.130. The molecular weight excluding hydrogens is 380 g/mol. The molecule has 1 aromatic carbocycles. The summed E-state index contributed by atoms with van der Waals surface area (Å²) in [6, 6.07) is 2.68. The van der Waals surface area contributed by atoms with Crippen LogP contribution in [0, 0.1) is 5.82 Å². The van der Waals surface area contributed by atoms with Gasteiger partial charge in [-0.3, -0.25) is 0 Å². The molecule has 0 spiro atoms.